The number of benzene rings is 1. The molecule has 1 saturated carbocycles. The minimum atomic E-state index is 0.761. The Morgan fingerprint density at radius 1 is 1.35 bits per heavy atom. The molecule has 94 valence electrons. The zero-order valence-corrected chi connectivity index (χ0v) is 11.3. The molecule has 0 amide bonds. The summed E-state index contributed by atoms with van der Waals surface area (Å²) in [4.78, 5) is 0. The quantitative estimate of drug-likeness (QED) is 0.866. The highest BCUT2D eigenvalue weighted by Gasteiger charge is 2.16. The molecule has 1 N–H and O–H groups in total. The van der Waals surface area contributed by atoms with Crippen LogP contribution in [0.15, 0.2) is 12.1 Å². The Kier molecular flexibility index (Phi) is 4.16. The minimum absolute atomic E-state index is 0.761. The second kappa shape index (κ2) is 5.63. The highest BCUT2D eigenvalue weighted by Crippen LogP contribution is 2.33. The topological polar surface area (TPSA) is 21.3 Å². The van der Waals surface area contributed by atoms with Gasteiger partial charge in [0.1, 0.15) is 5.75 Å². The van der Waals surface area contributed by atoms with Gasteiger partial charge < -0.3 is 10.1 Å². The van der Waals surface area contributed by atoms with Crippen LogP contribution in [-0.4, -0.2) is 13.7 Å². The molecule has 1 aromatic rings. The third kappa shape index (κ3) is 3.06. The second-order valence-electron chi connectivity index (χ2n) is 4.83. The van der Waals surface area contributed by atoms with Gasteiger partial charge in [0.2, 0.25) is 0 Å². The molecule has 1 aromatic carbocycles. The van der Waals surface area contributed by atoms with Crippen molar-refractivity contribution in [1.29, 1.82) is 0 Å². The van der Waals surface area contributed by atoms with Crippen molar-refractivity contribution < 1.29 is 4.74 Å². The van der Waals surface area contributed by atoms with Gasteiger partial charge in [0.15, 0.2) is 0 Å². The molecule has 3 heteroatoms. The molecule has 0 radical (unpaired) electrons. The monoisotopic (exact) mass is 253 g/mol. The number of anilines is 1. The van der Waals surface area contributed by atoms with Crippen LogP contribution in [0.25, 0.3) is 0 Å². The van der Waals surface area contributed by atoms with Crippen molar-refractivity contribution in [2.45, 2.75) is 32.6 Å². The number of aryl methyl sites for hydroxylation is 1. The van der Waals surface area contributed by atoms with Crippen molar-refractivity contribution in [3.05, 3.63) is 22.7 Å². The van der Waals surface area contributed by atoms with Crippen LogP contribution in [-0.2, 0) is 0 Å². The summed E-state index contributed by atoms with van der Waals surface area (Å²) in [6, 6.07) is 3.88. The maximum absolute atomic E-state index is 6.08. The van der Waals surface area contributed by atoms with Gasteiger partial charge in [-0.05, 0) is 43.4 Å². The van der Waals surface area contributed by atoms with E-state index in [9.17, 15) is 0 Å². The first-order valence-corrected chi connectivity index (χ1v) is 6.66. The summed E-state index contributed by atoms with van der Waals surface area (Å²) in [5, 5.41) is 4.24. The third-order valence-electron chi connectivity index (χ3n) is 3.50. The van der Waals surface area contributed by atoms with Crippen molar-refractivity contribution in [2.24, 2.45) is 5.92 Å². The maximum atomic E-state index is 6.08. The second-order valence-corrected chi connectivity index (χ2v) is 5.27. The van der Waals surface area contributed by atoms with Crippen molar-refractivity contribution in [3.8, 4) is 5.75 Å². The van der Waals surface area contributed by atoms with E-state index in [1.54, 1.807) is 7.11 Å². The molecule has 0 saturated heterocycles. The van der Waals surface area contributed by atoms with Crippen LogP contribution < -0.4 is 10.1 Å². The van der Waals surface area contributed by atoms with Crippen LogP contribution in [0, 0.1) is 12.8 Å². The molecule has 2 rings (SSSR count). The standard InChI is InChI=1S/C14H20ClNO/c1-10-7-12(15)8-13(14(10)17-2)16-9-11-5-3-4-6-11/h7-8,11,16H,3-6,9H2,1-2H3. The van der Waals surface area contributed by atoms with E-state index in [0.717, 1.165) is 34.5 Å². The summed E-state index contributed by atoms with van der Waals surface area (Å²) in [5.41, 5.74) is 2.10. The Morgan fingerprint density at radius 3 is 2.71 bits per heavy atom. The summed E-state index contributed by atoms with van der Waals surface area (Å²) >= 11 is 6.08. The lowest BCUT2D eigenvalue weighted by Crippen LogP contribution is -2.11. The van der Waals surface area contributed by atoms with Crippen molar-refractivity contribution in [1.82, 2.24) is 0 Å². The molecule has 0 spiro atoms. The fourth-order valence-corrected chi connectivity index (χ4v) is 2.87. The predicted molar refractivity (Wildman–Crippen MR) is 73.2 cm³/mol. The summed E-state index contributed by atoms with van der Waals surface area (Å²) in [6.45, 7) is 3.04. The third-order valence-corrected chi connectivity index (χ3v) is 3.72. The van der Waals surface area contributed by atoms with Gasteiger partial charge in [0.25, 0.3) is 0 Å². The molecular weight excluding hydrogens is 234 g/mol. The smallest absolute Gasteiger partial charge is 0.144 e. The zero-order valence-electron chi connectivity index (χ0n) is 10.6. The molecule has 0 atom stereocenters. The number of methoxy groups -OCH3 is 1. The van der Waals surface area contributed by atoms with Crippen molar-refractivity contribution >= 4 is 17.3 Å². The summed E-state index contributed by atoms with van der Waals surface area (Å²) < 4.78 is 5.43. The summed E-state index contributed by atoms with van der Waals surface area (Å²) in [7, 11) is 1.71. The Bertz CT molecular complexity index is 386. The SMILES string of the molecule is COc1c(C)cc(Cl)cc1NCC1CCCC1. The van der Waals surface area contributed by atoms with Gasteiger partial charge in [-0.15, -0.1) is 0 Å². The Morgan fingerprint density at radius 2 is 2.06 bits per heavy atom. The number of hydrogen-bond acceptors (Lipinski definition) is 2. The van der Waals surface area contributed by atoms with Crippen LogP contribution in [0.1, 0.15) is 31.2 Å². The Labute approximate surface area is 108 Å². The largest absolute Gasteiger partial charge is 0.494 e. The maximum Gasteiger partial charge on any atom is 0.144 e. The molecule has 0 aliphatic heterocycles. The first-order chi connectivity index (χ1) is 8.20. The van der Waals surface area contributed by atoms with Gasteiger partial charge in [-0.1, -0.05) is 24.4 Å². The Hall–Kier alpha value is -0.890. The van der Waals surface area contributed by atoms with E-state index in [2.05, 4.69) is 5.32 Å². The lowest BCUT2D eigenvalue weighted by Gasteiger charge is -2.16. The number of hydrogen-bond donors (Lipinski definition) is 1. The number of nitrogens with one attached hydrogen (secondary N) is 1. The minimum Gasteiger partial charge on any atom is -0.494 e. The lowest BCUT2D eigenvalue weighted by atomic mass is 10.1. The highest BCUT2D eigenvalue weighted by atomic mass is 35.5. The number of ether oxygens (including phenoxy) is 1. The summed E-state index contributed by atoms with van der Waals surface area (Å²) in [5.74, 6) is 1.71. The van der Waals surface area contributed by atoms with E-state index >= 15 is 0 Å². The molecule has 1 aliphatic carbocycles. The molecule has 0 bridgehead atoms. The molecule has 0 aromatic heterocycles. The fourth-order valence-electron chi connectivity index (χ4n) is 2.60. The average Bonchev–Trinajstić information content (AvgIpc) is 2.78. The first-order valence-electron chi connectivity index (χ1n) is 6.28. The molecule has 1 fully saturated rings. The van der Waals surface area contributed by atoms with E-state index < -0.39 is 0 Å². The van der Waals surface area contributed by atoms with E-state index in [1.807, 2.05) is 19.1 Å². The average molecular weight is 254 g/mol. The molecule has 1 aliphatic rings. The van der Waals surface area contributed by atoms with Gasteiger partial charge in [-0.2, -0.15) is 0 Å². The van der Waals surface area contributed by atoms with E-state index in [-0.39, 0.29) is 0 Å². The number of rotatable bonds is 4. The van der Waals surface area contributed by atoms with Crippen molar-refractivity contribution in [2.75, 3.05) is 19.0 Å². The van der Waals surface area contributed by atoms with Gasteiger partial charge in [0.05, 0.1) is 12.8 Å². The van der Waals surface area contributed by atoms with Crippen LogP contribution in [0.3, 0.4) is 0 Å². The van der Waals surface area contributed by atoms with E-state index in [4.69, 9.17) is 16.3 Å². The molecule has 0 heterocycles. The lowest BCUT2D eigenvalue weighted by molar-refractivity contribution is 0.413. The Balaban J connectivity index is 2.07. The molecular formula is C14H20ClNO. The molecule has 2 nitrogen and oxygen atoms in total. The summed E-state index contributed by atoms with van der Waals surface area (Å²) in [6.07, 6.45) is 5.43. The van der Waals surface area contributed by atoms with Crippen LogP contribution >= 0.6 is 11.6 Å². The van der Waals surface area contributed by atoms with Crippen LogP contribution in [0.5, 0.6) is 5.75 Å². The van der Waals surface area contributed by atoms with Gasteiger partial charge in [-0.3, -0.25) is 0 Å². The van der Waals surface area contributed by atoms with Gasteiger partial charge >= 0.3 is 0 Å². The van der Waals surface area contributed by atoms with Crippen molar-refractivity contribution in [3.63, 3.8) is 0 Å². The zero-order chi connectivity index (χ0) is 12.3. The van der Waals surface area contributed by atoms with E-state index in [0.29, 0.717) is 0 Å². The van der Waals surface area contributed by atoms with Crippen LogP contribution in [0.2, 0.25) is 5.02 Å². The van der Waals surface area contributed by atoms with Gasteiger partial charge in [-0.25, -0.2) is 0 Å². The van der Waals surface area contributed by atoms with Crippen LogP contribution in [0.4, 0.5) is 5.69 Å². The fraction of sp³-hybridized carbons (Fsp3) is 0.571. The highest BCUT2D eigenvalue weighted by molar-refractivity contribution is 6.31. The first kappa shape index (κ1) is 12.6. The van der Waals surface area contributed by atoms with E-state index in [1.165, 1.54) is 25.7 Å². The van der Waals surface area contributed by atoms with Gasteiger partial charge in [0, 0.05) is 11.6 Å². The number of halogens is 1. The molecule has 17 heavy (non-hydrogen) atoms. The molecule has 0 unspecified atom stereocenters. The normalized spacial score (nSPS) is 16.2. The predicted octanol–water partition coefficient (Wildman–Crippen LogP) is 4.26.